The van der Waals surface area contributed by atoms with Gasteiger partial charge in [0.15, 0.2) is 0 Å². The molecule has 0 saturated carbocycles. The maximum absolute atomic E-state index is 6.51. The largest absolute Gasteiger partial charge is 0.456 e. The molecule has 174 valence electrons. The fraction of sp³-hybridized carbons (Fsp3) is 0. The van der Waals surface area contributed by atoms with Gasteiger partial charge in [0.25, 0.3) is 0 Å². The molecular formula is C36H24O. The first kappa shape index (κ1) is 21.4. The summed E-state index contributed by atoms with van der Waals surface area (Å²) in [6.45, 7) is 0. The molecule has 0 saturated heterocycles. The zero-order valence-corrected chi connectivity index (χ0v) is 20.3. The third-order valence-corrected chi connectivity index (χ3v) is 7.13. The van der Waals surface area contributed by atoms with Gasteiger partial charge in [-0.2, -0.15) is 0 Å². The topological polar surface area (TPSA) is 9.23 Å². The van der Waals surface area contributed by atoms with E-state index in [-0.39, 0.29) is 0 Å². The molecule has 7 rings (SSSR count). The van der Waals surface area contributed by atoms with Crippen molar-refractivity contribution < 1.29 is 4.74 Å². The van der Waals surface area contributed by atoms with Crippen LogP contribution in [0.3, 0.4) is 0 Å². The van der Waals surface area contributed by atoms with Gasteiger partial charge in [-0.15, -0.1) is 0 Å². The van der Waals surface area contributed by atoms with Gasteiger partial charge in [-0.05, 0) is 62.0 Å². The lowest BCUT2D eigenvalue weighted by Crippen LogP contribution is -1.89. The van der Waals surface area contributed by atoms with Gasteiger partial charge in [0.05, 0.1) is 0 Å². The predicted octanol–water partition coefficient (Wildman–Crippen LogP) is 10.3. The minimum Gasteiger partial charge on any atom is -0.456 e. The monoisotopic (exact) mass is 472 g/mol. The molecule has 0 radical (unpaired) electrons. The summed E-state index contributed by atoms with van der Waals surface area (Å²) in [7, 11) is 0. The maximum Gasteiger partial charge on any atom is 0.135 e. The van der Waals surface area contributed by atoms with Crippen LogP contribution in [0.1, 0.15) is 0 Å². The average Bonchev–Trinajstić information content (AvgIpc) is 2.97. The lowest BCUT2D eigenvalue weighted by Gasteiger charge is -2.14. The van der Waals surface area contributed by atoms with Crippen molar-refractivity contribution >= 4 is 32.3 Å². The smallest absolute Gasteiger partial charge is 0.135 e. The summed E-state index contributed by atoms with van der Waals surface area (Å²) in [6.07, 6.45) is 0. The van der Waals surface area contributed by atoms with E-state index in [4.69, 9.17) is 4.74 Å². The van der Waals surface area contributed by atoms with Crippen LogP contribution in [0.4, 0.5) is 0 Å². The summed E-state index contributed by atoms with van der Waals surface area (Å²) in [4.78, 5) is 0. The van der Waals surface area contributed by atoms with Crippen molar-refractivity contribution in [1.29, 1.82) is 0 Å². The van der Waals surface area contributed by atoms with Crippen LogP contribution in [0, 0.1) is 0 Å². The summed E-state index contributed by atoms with van der Waals surface area (Å²) < 4.78 is 6.51. The highest BCUT2D eigenvalue weighted by atomic mass is 16.5. The Kier molecular flexibility index (Phi) is 5.19. The molecule has 7 aromatic rings. The van der Waals surface area contributed by atoms with Crippen LogP contribution in [0.5, 0.6) is 11.5 Å². The zero-order chi connectivity index (χ0) is 24.6. The fourth-order valence-electron chi connectivity index (χ4n) is 5.23. The van der Waals surface area contributed by atoms with E-state index in [1.807, 2.05) is 12.1 Å². The van der Waals surface area contributed by atoms with E-state index >= 15 is 0 Å². The Morgan fingerprint density at radius 3 is 1.76 bits per heavy atom. The highest BCUT2D eigenvalue weighted by molar-refractivity contribution is 6.01. The molecule has 1 nitrogen and oxygen atoms in total. The standard InChI is InChI=1S/C36H24O/c1-2-10-29-24-30(21-18-25(29)8-1)26-16-19-28(20-17-26)31-22-23-36(34-14-6-5-13-33(31)34)37-35-15-7-11-27-9-3-4-12-32(27)35/h1-24H. The normalized spacial score (nSPS) is 11.2. The molecule has 0 bridgehead atoms. The van der Waals surface area contributed by atoms with Gasteiger partial charge in [0.2, 0.25) is 0 Å². The van der Waals surface area contributed by atoms with E-state index in [0.717, 1.165) is 22.3 Å². The van der Waals surface area contributed by atoms with Crippen LogP contribution in [-0.2, 0) is 0 Å². The van der Waals surface area contributed by atoms with E-state index in [0.29, 0.717) is 0 Å². The van der Waals surface area contributed by atoms with E-state index < -0.39 is 0 Å². The molecule has 0 aliphatic carbocycles. The van der Waals surface area contributed by atoms with Gasteiger partial charge in [-0.1, -0.05) is 127 Å². The number of fused-ring (bicyclic) bond motifs is 3. The number of benzene rings is 7. The van der Waals surface area contributed by atoms with Gasteiger partial charge >= 0.3 is 0 Å². The van der Waals surface area contributed by atoms with Crippen LogP contribution < -0.4 is 4.74 Å². The second-order valence-electron chi connectivity index (χ2n) is 9.38. The van der Waals surface area contributed by atoms with Gasteiger partial charge in [-0.3, -0.25) is 0 Å². The highest BCUT2D eigenvalue weighted by Crippen LogP contribution is 2.38. The Balaban J connectivity index is 1.26. The number of ether oxygens (including phenoxy) is 1. The highest BCUT2D eigenvalue weighted by Gasteiger charge is 2.11. The van der Waals surface area contributed by atoms with Crippen molar-refractivity contribution in [3.63, 3.8) is 0 Å². The van der Waals surface area contributed by atoms with Crippen molar-refractivity contribution in [3.8, 4) is 33.8 Å². The first-order valence-electron chi connectivity index (χ1n) is 12.6. The van der Waals surface area contributed by atoms with Crippen LogP contribution in [0.25, 0.3) is 54.6 Å². The van der Waals surface area contributed by atoms with Crippen molar-refractivity contribution in [2.45, 2.75) is 0 Å². The predicted molar refractivity (Wildman–Crippen MR) is 156 cm³/mol. The molecule has 0 atom stereocenters. The lowest BCUT2D eigenvalue weighted by atomic mass is 9.95. The van der Waals surface area contributed by atoms with E-state index in [1.165, 1.54) is 43.8 Å². The van der Waals surface area contributed by atoms with Gasteiger partial charge in [0.1, 0.15) is 11.5 Å². The Hall–Kier alpha value is -4.88. The Morgan fingerprint density at radius 1 is 0.324 bits per heavy atom. The summed E-state index contributed by atoms with van der Waals surface area (Å²) in [5, 5.41) is 7.09. The molecule has 0 N–H and O–H groups in total. The average molecular weight is 473 g/mol. The molecule has 7 aromatic carbocycles. The molecule has 0 aliphatic rings. The van der Waals surface area contributed by atoms with Crippen molar-refractivity contribution in [3.05, 3.63) is 146 Å². The molecule has 0 heterocycles. The van der Waals surface area contributed by atoms with Crippen molar-refractivity contribution in [1.82, 2.24) is 0 Å². The summed E-state index contributed by atoms with van der Waals surface area (Å²) >= 11 is 0. The number of hydrogen-bond acceptors (Lipinski definition) is 1. The molecule has 0 amide bonds. The lowest BCUT2D eigenvalue weighted by molar-refractivity contribution is 0.494. The van der Waals surface area contributed by atoms with Gasteiger partial charge in [0, 0.05) is 10.8 Å². The third-order valence-electron chi connectivity index (χ3n) is 7.13. The Bertz CT molecular complexity index is 1890. The molecule has 0 aliphatic heterocycles. The fourth-order valence-corrected chi connectivity index (χ4v) is 5.23. The summed E-state index contributed by atoms with van der Waals surface area (Å²) in [5.74, 6) is 1.74. The Morgan fingerprint density at radius 2 is 0.919 bits per heavy atom. The van der Waals surface area contributed by atoms with Crippen LogP contribution in [0.2, 0.25) is 0 Å². The molecule has 0 aromatic heterocycles. The SMILES string of the molecule is c1ccc2cc(-c3ccc(-c4ccc(Oc5cccc6ccccc56)c5ccccc45)cc3)ccc2c1. The van der Waals surface area contributed by atoms with Crippen molar-refractivity contribution in [2.24, 2.45) is 0 Å². The minimum atomic E-state index is 0.864. The summed E-state index contributed by atoms with van der Waals surface area (Å²) in [6, 6.07) is 51.3. The van der Waals surface area contributed by atoms with Crippen LogP contribution in [-0.4, -0.2) is 0 Å². The molecule has 37 heavy (non-hydrogen) atoms. The molecule has 1 heteroatoms. The Labute approximate surface area is 216 Å². The van der Waals surface area contributed by atoms with E-state index in [2.05, 4.69) is 133 Å². The molecule has 0 fully saturated rings. The van der Waals surface area contributed by atoms with Crippen molar-refractivity contribution in [2.75, 3.05) is 0 Å². The third kappa shape index (κ3) is 3.91. The molecule has 0 unspecified atom stereocenters. The first-order chi connectivity index (χ1) is 18.3. The maximum atomic E-state index is 6.51. The van der Waals surface area contributed by atoms with E-state index in [1.54, 1.807) is 0 Å². The zero-order valence-electron chi connectivity index (χ0n) is 20.3. The van der Waals surface area contributed by atoms with Gasteiger partial charge in [-0.25, -0.2) is 0 Å². The van der Waals surface area contributed by atoms with Crippen LogP contribution >= 0.6 is 0 Å². The second kappa shape index (κ2) is 8.96. The minimum absolute atomic E-state index is 0.864. The van der Waals surface area contributed by atoms with E-state index in [9.17, 15) is 0 Å². The second-order valence-corrected chi connectivity index (χ2v) is 9.38. The molecular weight excluding hydrogens is 448 g/mol. The first-order valence-corrected chi connectivity index (χ1v) is 12.6. The van der Waals surface area contributed by atoms with Gasteiger partial charge < -0.3 is 4.74 Å². The number of hydrogen-bond donors (Lipinski definition) is 0. The number of rotatable bonds is 4. The van der Waals surface area contributed by atoms with Crippen LogP contribution in [0.15, 0.2) is 146 Å². The summed E-state index contributed by atoms with van der Waals surface area (Å²) in [5.41, 5.74) is 4.84. The quantitative estimate of drug-likeness (QED) is 0.248. The molecule has 0 spiro atoms.